The van der Waals surface area contributed by atoms with Crippen LogP contribution in [0.4, 0.5) is 0 Å². The lowest BCUT2D eigenvalue weighted by Gasteiger charge is -2.19. The smallest absolute Gasteiger partial charge is 0.223 e. The van der Waals surface area contributed by atoms with Crippen LogP contribution in [0.25, 0.3) is 83.4 Å². The van der Waals surface area contributed by atoms with Crippen LogP contribution >= 0.6 is 0 Å². The number of aromatic nitrogens is 8. The summed E-state index contributed by atoms with van der Waals surface area (Å²) in [6, 6.07) is 43.2. The molecular weight excluding hydrogens is 669 g/mol. The summed E-state index contributed by atoms with van der Waals surface area (Å²) in [6.07, 6.45) is 3.76. The maximum absolute atomic E-state index is 6.98. The first-order valence-corrected chi connectivity index (χ1v) is 18.0. The van der Waals surface area contributed by atoms with E-state index < -0.39 is 0 Å². The van der Waals surface area contributed by atoms with Gasteiger partial charge in [0.05, 0.1) is 38.8 Å². The molecule has 0 aliphatic heterocycles. The van der Waals surface area contributed by atoms with E-state index in [0.29, 0.717) is 17.3 Å². The quantitative estimate of drug-likeness (QED) is 0.170. The molecule has 0 aliphatic carbocycles. The zero-order valence-corrected chi connectivity index (χ0v) is 29.8. The number of imidazole rings is 3. The van der Waals surface area contributed by atoms with E-state index in [2.05, 4.69) is 108 Å². The van der Waals surface area contributed by atoms with Gasteiger partial charge in [-0.3, -0.25) is 13.8 Å². The fourth-order valence-corrected chi connectivity index (χ4v) is 7.76. The second-order valence-electron chi connectivity index (χ2n) is 14.7. The Kier molecular flexibility index (Phi) is 6.32. The van der Waals surface area contributed by atoms with Gasteiger partial charge in [0.1, 0.15) is 17.2 Å². The van der Waals surface area contributed by atoms with Crippen molar-refractivity contribution >= 4 is 66.3 Å². The van der Waals surface area contributed by atoms with Crippen molar-refractivity contribution in [1.82, 2.24) is 38.3 Å². The van der Waals surface area contributed by atoms with E-state index in [4.69, 9.17) is 29.7 Å². The van der Waals surface area contributed by atoms with Crippen molar-refractivity contribution in [3.8, 4) is 28.7 Å². The van der Waals surface area contributed by atoms with Crippen molar-refractivity contribution < 1.29 is 4.74 Å². The number of hydrogen-bond donors (Lipinski definition) is 0. The van der Waals surface area contributed by atoms with Crippen LogP contribution in [0, 0.1) is 0 Å². The summed E-state index contributed by atoms with van der Waals surface area (Å²) in [6.45, 7) is 6.60. The lowest BCUT2D eigenvalue weighted by Crippen LogP contribution is -2.11. The SMILES string of the molecule is CC(C)(C)c1ccc(-c2cc(Oc3ccc4c(n3)n(-c3ccccn3)c3nc5ccccc5n43)c3c4ccccc4n4c5ccccc5nc4c3c2)nc1. The molecule has 11 rings (SSSR count). The topological polar surface area (TPSA) is 87.4 Å². The minimum atomic E-state index is -0.0185. The summed E-state index contributed by atoms with van der Waals surface area (Å²) >= 11 is 0. The zero-order valence-electron chi connectivity index (χ0n) is 29.8. The molecule has 9 heteroatoms. The molecule has 0 radical (unpaired) electrons. The van der Waals surface area contributed by atoms with Gasteiger partial charge in [0.15, 0.2) is 5.65 Å². The summed E-state index contributed by atoms with van der Waals surface area (Å²) < 4.78 is 13.4. The van der Waals surface area contributed by atoms with Crippen LogP contribution in [0.3, 0.4) is 0 Å². The second kappa shape index (κ2) is 11.2. The minimum absolute atomic E-state index is 0.0185. The van der Waals surface area contributed by atoms with Gasteiger partial charge in [-0.2, -0.15) is 4.98 Å². The van der Waals surface area contributed by atoms with E-state index in [1.165, 1.54) is 5.56 Å². The van der Waals surface area contributed by atoms with Gasteiger partial charge >= 0.3 is 0 Å². The van der Waals surface area contributed by atoms with E-state index in [1.54, 1.807) is 6.20 Å². The average molecular weight is 701 g/mol. The number of hydrogen-bond acceptors (Lipinski definition) is 6. The molecule has 54 heavy (non-hydrogen) atoms. The Balaban J connectivity index is 1.19. The summed E-state index contributed by atoms with van der Waals surface area (Å²) in [7, 11) is 0. The average Bonchev–Trinajstić information content (AvgIpc) is 3.87. The molecule has 0 amide bonds. The first-order chi connectivity index (χ1) is 26.4. The Morgan fingerprint density at radius 2 is 1.31 bits per heavy atom. The molecule has 0 bridgehead atoms. The lowest BCUT2D eigenvalue weighted by molar-refractivity contribution is 0.470. The zero-order chi connectivity index (χ0) is 36.1. The Morgan fingerprint density at radius 1 is 0.574 bits per heavy atom. The molecule has 0 saturated heterocycles. The lowest BCUT2D eigenvalue weighted by atomic mass is 9.88. The maximum Gasteiger partial charge on any atom is 0.223 e. The summed E-state index contributed by atoms with van der Waals surface area (Å²) in [5.74, 6) is 2.55. The maximum atomic E-state index is 6.98. The predicted octanol–water partition coefficient (Wildman–Crippen LogP) is 10.5. The molecule has 7 aromatic heterocycles. The highest BCUT2D eigenvalue weighted by Crippen LogP contribution is 2.42. The van der Waals surface area contributed by atoms with Gasteiger partial charge in [0, 0.05) is 40.2 Å². The highest BCUT2D eigenvalue weighted by Gasteiger charge is 2.23. The van der Waals surface area contributed by atoms with E-state index >= 15 is 0 Å². The fourth-order valence-electron chi connectivity index (χ4n) is 7.76. The Hall–Kier alpha value is -7.13. The molecule has 0 unspecified atom stereocenters. The third-order valence-corrected chi connectivity index (χ3v) is 10.4. The number of ether oxygens (including phenoxy) is 1. The molecule has 0 spiro atoms. The summed E-state index contributed by atoms with van der Waals surface area (Å²) in [5.41, 5.74) is 10.3. The van der Waals surface area contributed by atoms with Crippen LogP contribution in [-0.4, -0.2) is 38.3 Å². The number of nitrogens with zero attached hydrogens (tertiary/aromatic N) is 8. The molecule has 7 heterocycles. The standard InChI is InChI=1S/C45H32N8O/c1-45(2,3)28-19-20-31(47-26-28)27-24-30-41(29-12-4-7-15-34(29)51-35-16-8-5-13-32(35)48-42(30)51)38(25-27)54-40-22-21-37-43(50-40)53(39-18-10-11-23-46-39)44-49-33-14-6-9-17-36(33)52(37)44/h4-26H,1-3H3. The Labute approximate surface area is 308 Å². The van der Waals surface area contributed by atoms with E-state index in [9.17, 15) is 0 Å². The molecule has 4 aromatic carbocycles. The van der Waals surface area contributed by atoms with Crippen LogP contribution in [0.5, 0.6) is 11.6 Å². The van der Waals surface area contributed by atoms with Gasteiger partial charge in [-0.05, 0) is 77.7 Å². The number of benzene rings is 4. The van der Waals surface area contributed by atoms with Crippen LogP contribution in [0.15, 0.2) is 140 Å². The first kappa shape index (κ1) is 30.5. The number of para-hydroxylation sites is 5. The van der Waals surface area contributed by atoms with Crippen LogP contribution in [-0.2, 0) is 5.41 Å². The molecule has 11 aromatic rings. The molecule has 0 atom stereocenters. The van der Waals surface area contributed by atoms with E-state index in [-0.39, 0.29) is 5.41 Å². The largest absolute Gasteiger partial charge is 0.438 e. The van der Waals surface area contributed by atoms with Crippen molar-refractivity contribution in [3.05, 3.63) is 145 Å². The number of pyridine rings is 4. The highest BCUT2D eigenvalue weighted by atomic mass is 16.5. The monoisotopic (exact) mass is 700 g/mol. The Morgan fingerprint density at radius 3 is 2.07 bits per heavy atom. The van der Waals surface area contributed by atoms with Gasteiger partial charge in [0.25, 0.3) is 0 Å². The fraction of sp³-hybridized carbons (Fsp3) is 0.0889. The third-order valence-electron chi connectivity index (χ3n) is 10.4. The van der Waals surface area contributed by atoms with Gasteiger partial charge in [-0.25, -0.2) is 19.5 Å². The molecule has 0 saturated carbocycles. The molecule has 0 N–H and O–H groups in total. The molecule has 9 nitrogen and oxygen atoms in total. The van der Waals surface area contributed by atoms with Gasteiger partial charge in [-0.1, -0.05) is 75.4 Å². The van der Waals surface area contributed by atoms with E-state index in [0.717, 1.165) is 77.8 Å². The minimum Gasteiger partial charge on any atom is -0.438 e. The highest BCUT2D eigenvalue weighted by molar-refractivity contribution is 6.17. The van der Waals surface area contributed by atoms with Crippen molar-refractivity contribution in [2.75, 3.05) is 0 Å². The Bertz CT molecular complexity index is 3280. The van der Waals surface area contributed by atoms with Crippen molar-refractivity contribution in [2.45, 2.75) is 26.2 Å². The molecule has 258 valence electrons. The van der Waals surface area contributed by atoms with Gasteiger partial charge in [-0.15, -0.1) is 0 Å². The van der Waals surface area contributed by atoms with E-state index in [1.807, 2.05) is 59.3 Å². The first-order valence-electron chi connectivity index (χ1n) is 18.0. The predicted molar refractivity (Wildman–Crippen MR) is 215 cm³/mol. The number of rotatable bonds is 4. The second-order valence-corrected chi connectivity index (χ2v) is 14.7. The third kappa shape index (κ3) is 4.48. The molecular formula is C45H32N8O. The number of fused-ring (bicyclic) bond motifs is 13. The molecule has 0 fully saturated rings. The van der Waals surface area contributed by atoms with Crippen LogP contribution < -0.4 is 4.74 Å². The summed E-state index contributed by atoms with van der Waals surface area (Å²) in [4.78, 5) is 25.1. The normalized spacial score (nSPS) is 12.4. The van der Waals surface area contributed by atoms with Gasteiger partial charge < -0.3 is 4.74 Å². The van der Waals surface area contributed by atoms with Gasteiger partial charge in [0.2, 0.25) is 11.7 Å². The molecule has 0 aliphatic rings. The van der Waals surface area contributed by atoms with Crippen molar-refractivity contribution in [3.63, 3.8) is 0 Å². The van der Waals surface area contributed by atoms with Crippen LogP contribution in [0.2, 0.25) is 0 Å². The van der Waals surface area contributed by atoms with Crippen molar-refractivity contribution in [1.29, 1.82) is 0 Å². The van der Waals surface area contributed by atoms with Crippen LogP contribution in [0.1, 0.15) is 26.3 Å². The summed E-state index contributed by atoms with van der Waals surface area (Å²) in [5, 5.41) is 2.96. The van der Waals surface area contributed by atoms with Crippen molar-refractivity contribution in [2.24, 2.45) is 0 Å².